The van der Waals surface area contributed by atoms with E-state index in [0.29, 0.717) is 46.1 Å². The number of benzene rings is 2. The molecule has 0 aliphatic carbocycles. The molecular weight excluding hydrogens is 546 g/mol. The van der Waals surface area contributed by atoms with Gasteiger partial charge in [-0.1, -0.05) is 55.2 Å². The number of hydrogen-bond acceptors (Lipinski definition) is 4. The topological polar surface area (TPSA) is 56.5 Å². The standard InChI is InChI=1S/C23H24Br2ClN3O2/c1-5-6-20-28-19-8-7-15(24)10-17(19)22(30)29(20)27-12-14-9-16(26)11-18(25)21(14)31-13-23(2,3)4/h7-12H,5-6,13H2,1-4H3. The lowest BCUT2D eigenvalue weighted by Gasteiger charge is -2.20. The van der Waals surface area contributed by atoms with Crippen LogP contribution in [0.1, 0.15) is 45.5 Å². The van der Waals surface area contributed by atoms with Crippen LogP contribution < -0.4 is 10.3 Å². The molecule has 3 rings (SSSR count). The Bertz CT molecular complexity index is 1200. The van der Waals surface area contributed by atoms with Gasteiger partial charge in [-0.25, -0.2) is 4.98 Å². The SMILES string of the molecule is CCCc1nc2ccc(Br)cc2c(=O)n1N=Cc1cc(Cl)cc(Br)c1OCC(C)(C)C. The first-order valence-electron chi connectivity index (χ1n) is 9.96. The summed E-state index contributed by atoms with van der Waals surface area (Å²) < 4.78 is 8.97. The molecule has 0 unspecified atom stereocenters. The minimum Gasteiger partial charge on any atom is -0.491 e. The smallest absolute Gasteiger partial charge is 0.282 e. The molecule has 2 aromatic carbocycles. The lowest BCUT2D eigenvalue weighted by atomic mass is 9.98. The Balaban J connectivity index is 2.12. The average molecular weight is 570 g/mol. The van der Waals surface area contributed by atoms with Crippen molar-refractivity contribution >= 4 is 60.6 Å². The maximum atomic E-state index is 13.2. The highest BCUT2D eigenvalue weighted by Crippen LogP contribution is 2.33. The van der Waals surface area contributed by atoms with Gasteiger partial charge in [0.2, 0.25) is 0 Å². The van der Waals surface area contributed by atoms with Crippen molar-refractivity contribution in [3.05, 3.63) is 66.0 Å². The molecule has 1 aromatic heterocycles. The fourth-order valence-corrected chi connectivity index (χ4v) is 4.25. The molecule has 0 saturated heterocycles. The monoisotopic (exact) mass is 567 g/mol. The fourth-order valence-electron chi connectivity index (χ4n) is 2.94. The number of fused-ring (bicyclic) bond motifs is 1. The molecule has 1 heterocycles. The second kappa shape index (κ2) is 9.84. The van der Waals surface area contributed by atoms with Crippen molar-refractivity contribution in [2.45, 2.75) is 40.5 Å². The minimum absolute atomic E-state index is 0.0195. The van der Waals surface area contributed by atoms with Crippen molar-refractivity contribution in [1.82, 2.24) is 9.66 Å². The lowest BCUT2D eigenvalue weighted by Crippen LogP contribution is -2.22. The van der Waals surface area contributed by atoms with E-state index < -0.39 is 0 Å². The summed E-state index contributed by atoms with van der Waals surface area (Å²) in [5, 5.41) is 5.55. The third-order valence-corrected chi connectivity index (χ3v) is 5.65. The third-order valence-electron chi connectivity index (χ3n) is 4.35. The van der Waals surface area contributed by atoms with Gasteiger partial charge < -0.3 is 4.74 Å². The number of nitrogens with zero attached hydrogens (tertiary/aromatic N) is 3. The molecule has 0 fully saturated rings. The number of hydrogen-bond donors (Lipinski definition) is 0. The van der Waals surface area contributed by atoms with Crippen molar-refractivity contribution in [2.24, 2.45) is 10.5 Å². The van der Waals surface area contributed by atoms with Gasteiger partial charge in [-0.15, -0.1) is 0 Å². The van der Waals surface area contributed by atoms with Crippen LogP contribution in [-0.4, -0.2) is 22.5 Å². The number of ether oxygens (including phenoxy) is 1. The molecule has 31 heavy (non-hydrogen) atoms. The highest BCUT2D eigenvalue weighted by atomic mass is 79.9. The van der Waals surface area contributed by atoms with Crippen molar-refractivity contribution in [3.63, 3.8) is 0 Å². The van der Waals surface area contributed by atoms with Crippen LogP contribution in [0.5, 0.6) is 5.75 Å². The van der Waals surface area contributed by atoms with Crippen LogP contribution in [0.3, 0.4) is 0 Å². The van der Waals surface area contributed by atoms with Gasteiger partial charge >= 0.3 is 0 Å². The summed E-state index contributed by atoms with van der Waals surface area (Å²) in [5.74, 6) is 1.24. The maximum Gasteiger partial charge on any atom is 0.282 e. The molecule has 0 atom stereocenters. The Hall–Kier alpha value is -1.70. The molecule has 0 bridgehead atoms. The molecule has 164 valence electrons. The molecule has 0 aliphatic rings. The second-order valence-corrected chi connectivity index (χ2v) is 10.7. The van der Waals surface area contributed by atoms with Gasteiger partial charge in [-0.2, -0.15) is 9.78 Å². The van der Waals surface area contributed by atoms with Crippen molar-refractivity contribution in [1.29, 1.82) is 0 Å². The van der Waals surface area contributed by atoms with Crippen LogP contribution in [0.4, 0.5) is 0 Å². The van der Waals surface area contributed by atoms with Crippen LogP contribution in [-0.2, 0) is 6.42 Å². The van der Waals surface area contributed by atoms with Crippen LogP contribution in [0, 0.1) is 5.41 Å². The van der Waals surface area contributed by atoms with Crippen LogP contribution >= 0.6 is 43.5 Å². The van der Waals surface area contributed by atoms with Gasteiger partial charge in [-0.05, 0) is 58.1 Å². The molecule has 0 spiro atoms. The van der Waals surface area contributed by atoms with E-state index in [1.165, 1.54) is 4.68 Å². The number of aromatic nitrogens is 2. The maximum absolute atomic E-state index is 13.2. The van der Waals surface area contributed by atoms with E-state index in [4.69, 9.17) is 16.3 Å². The van der Waals surface area contributed by atoms with Gasteiger partial charge in [0, 0.05) is 21.5 Å². The summed E-state index contributed by atoms with van der Waals surface area (Å²) in [6.45, 7) is 8.85. The Kier molecular flexibility index (Phi) is 7.60. The van der Waals surface area contributed by atoms with Gasteiger partial charge in [-0.3, -0.25) is 4.79 Å². The number of rotatable bonds is 6. The first-order chi connectivity index (χ1) is 14.6. The van der Waals surface area contributed by atoms with Crippen molar-refractivity contribution in [3.8, 4) is 5.75 Å². The Morgan fingerprint density at radius 2 is 1.97 bits per heavy atom. The van der Waals surface area contributed by atoms with Gasteiger partial charge in [0.1, 0.15) is 11.6 Å². The van der Waals surface area contributed by atoms with Crippen molar-refractivity contribution < 1.29 is 4.74 Å². The summed E-state index contributed by atoms with van der Waals surface area (Å²) in [6, 6.07) is 9.02. The Labute approximate surface area is 203 Å². The lowest BCUT2D eigenvalue weighted by molar-refractivity contribution is 0.196. The number of aryl methyl sites for hydroxylation is 1. The molecular formula is C23H24Br2ClN3O2. The van der Waals surface area contributed by atoms with E-state index in [-0.39, 0.29) is 11.0 Å². The summed E-state index contributed by atoms with van der Waals surface area (Å²) in [6.07, 6.45) is 3.07. The van der Waals surface area contributed by atoms with Gasteiger partial charge in [0.05, 0.1) is 28.2 Å². The normalized spacial score (nSPS) is 12.1. The second-order valence-electron chi connectivity index (χ2n) is 8.46. The highest BCUT2D eigenvalue weighted by molar-refractivity contribution is 9.10. The largest absolute Gasteiger partial charge is 0.491 e. The zero-order valence-electron chi connectivity index (χ0n) is 17.9. The van der Waals surface area contributed by atoms with Crippen molar-refractivity contribution in [2.75, 3.05) is 6.61 Å². The van der Waals surface area contributed by atoms with E-state index in [9.17, 15) is 4.79 Å². The Morgan fingerprint density at radius 3 is 2.65 bits per heavy atom. The van der Waals surface area contributed by atoms with Crippen LogP contribution in [0.2, 0.25) is 5.02 Å². The number of halogens is 3. The van der Waals surface area contributed by atoms with Crippen LogP contribution in [0.25, 0.3) is 10.9 Å². The van der Waals surface area contributed by atoms with E-state index in [2.05, 4.69) is 62.7 Å². The van der Waals surface area contributed by atoms with Crippen LogP contribution in [0.15, 0.2) is 49.2 Å². The fraction of sp³-hybridized carbons (Fsp3) is 0.348. The summed E-state index contributed by atoms with van der Waals surface area (Å²) in [4.78, 5) is 17.9. The molecule has 0 aliphatic heterocycles. The molecule has 0 radical (unpaired) electrons. The quantitative estimate of drug-likeness (QED) is 0.306. The van der Waals surface area contributed by atoms with E-state index in [0.717, 1.165) is 15.4 Å². The zero-order chi connectivity index (χ0) is 22.8. The molecule has 3 aromatic rings. The zero-order valence-corrected chi connectivity index (χ0v) is 21.8. The minimum atomic E-state index is -0.218. The summed E-state index contributed by atoms with van der Waals surface area (Å²) in [5.41, 5.74) is 1.09. The predicted molar refractivity (Wildman–Crippen MR) is 135 cm³/mol. The summed E-state index contributed by atoms with van der Waals surface area (Å²) in [7, 11) is 0. The molecule has 0 saturated carbocycles. The first kappa shape index (κ1) is 24.0. The van der Waals surface area contributed by atoms with E-state index in [1.807, 2.05) is 19.1 Å². The third kappa shape index (κ3) is 5.96. The van der Waals surface area contributed by atoms with Gasteiger partial charge in [0.25, 0.3) is 5.56 Å². The Morgan fingerprint density at radius 1 is 1.23 bits per heavy atom. The highest BCUT2D eigenvalue weighted by Gasteiger charge is 2.16. The van der Waals surface area contributed by atoms with Gasteiger partial charge in [0.15, 0.2) is 0 Å². The molecule has 0 N–H and O–H groups in total. The van der Waals surface area contributed by atoms with E-state index >= 15 is 0 Å². The summed E-state index contributed by atoms with van der Waals surface area (Å²) >= 11 is 13.2. The average Bonchev–Trinajstić information content (AvgIpc) is 2.67. The molecule has 5 nitrogen and oxygen atoms in total. The molecule has 0 amide bonds. The molecule has 8 heteroatoms. The first-order valence-corrected chi connectivity index (χ1v) is 11.9. The van der Waals surface area contributed by atoms with E-state index in [1.54, 1.807) is 24.4 Å². The predicted octanol–water partition coefficient (Wildman–Crippen LogP) is 6.83.